The number of aromatic nitrogens is 3. The molecular weight excluding hydrogens is 226 g/mol. The van der Waals surface area contributed by atoms with Crippen molar-refractivity contribution in [3.05, 3.63) is 12.2 Å². The number of hydrogen-bond acceptors (Lipinski definition) is 4. The molecule has 0 spiro atoms. The molecule has 2 rings (SSSR count). The lowest BCUT2D eigenvalue weighted by Crippen LogP contribution is -2.49. The van der Waals surface area contributed by atoms with E-state index in [9.17, 15) is 0 Å². The fraction of sp³-hybridized carbons (Fsp3) is 0.800. The van der Waals surface area contributed by atoms with Gasteiger partial charge in [-0.25, -0.2) is 0 Å². The molecule has 5 nitrogen and oxygen atoms in total. The highest BCUT2D eigenvalue weighted by atomic mass is 35.5. The third-order valence-corrected chi connectivity index (χ3v) is 2.92. The lowest BCUT2D eigenvalue weighted by molar-refractivity contribution is 0.200. The zero-order valence-electron chi connectivity index (χ0n) is 9.89. The van der Waals surface area contributed by atoms with Crippen LogP contribution in [0.1, 0.15) is 12.7 Å². The first-order valence-electron chi connectivity index (χ1n) is 5.56. The molecule has 16 heavy (non-hydrogen) atoms. The van der Waals surface area contributed by atoms with Crippen molar-refractivity contribution in [3.8, 4) is 0 Å². The fourth-order valence-electron chi connectivity index (χ4n) is 2.00. The second-order valence-electron chi connectivity index (χ2n) is 4.23. The minimum absolute atomic E-state index is 0. The molecule has 6 heteroatoms. The van der Waals surface area contributed by atoms with Gasteiger partial charge >= 0.3 is 0 Å². The Morgan fingerprint density at radius 1 is 1.50 bits per heavy atom. The molecule has 1 aromatic rings. The largest absolute Gasteiger partial charge is 0.317 e. The molecule has 1 fully saturated rings. The molecule has 0 aromatic carbocycles. The van der Waals surface area contributed by atoms with Crippen molar-refractivity contribution in [2.24, 2.45) is 0 Å². The first-order valence-corrected chi connectivity index (χ1v) is 5.56. The van der Waals surface area contributed by atoms with E-state index < -0.39 is 0 Å². The second kappa shape index (κ2) is 6.18. The van der Waals surface area contributed by atoms with Gasteiger partial charge in [-0.1, -0.05) is 0 Å². The fourth-order valence-corrected chi connectivity index (χ4v) is 2.00. The molecule has 0 aliphatic carbocycles. The standard InChI is InChI=1S/C10H19N5.ClH/c1-9-7-14(4-3-11-9)5-6-15-8-12-13-10(15)2;/h8-9,11H,3-7H2,1-2H3;1H. The van der Waals surface area contributed by atoms with Gasteiger partial charge in [-0.3, -0.25) is 4.90 Å². The summed E-state index contributed by atoms with van der Waals surface area (Å²) in [6.07, 6.45) is 1.81. The SMILES string of the molecule is Cc1nncn1CCN1CCNC(C)C1.Cl. The zero-order valence-corrected chi connectivity index (χ0v) is 10.7. The number of halogens is 1. The number of hydrogen-bond donors (Lipinski definition) is 1. The minimum atomic E-state index is 0. The van der Waals surface area contributed by atoms with Gasteiger partial charge in [0.25, 0.3) is 0 Å². The number of nitrogens with one attached hydrogen (secondary N) is 1. The monoisotopic (exact) mass is 245 g/mol. The quantitative estimate of drug-likeness (QED) is 0.832. The molecule has 0 amide bonds. The molecule has 1 saturated heterocycles. The molecule has 1 N–H and O–H groups in total. The third-order valence-electron chi connectivity index (χ3n) is 2.92. The van der Waals surface area contributed by atoms with Crippen LogP contribution in [0.2, 0.25) is 0 Å². The number of nitrogens with zero attached hydrogens (tertiary/aromatic N) is 4. The molecule has 2 heterocycles. The Labute approximate surface area is 103 Å². The van der Waals surface area contributed by atoms with E-state index in [1.54, 1.807) is 6.33 Å². The molecule has 1 aromatic heterocycles. The summed E-state index contributed by atoms with van der Waals surface area (Å²) in [7, 11) is 0. The summed E-state index contributed by atoms with van der Waals surface area (Å²) >= 11 is 0. The highest BCUT2D eigenvalue weighted by Crippen LogP contribution is 2.00. The van der Waals surface area contributed by atoms with Crippen LogP contribution >= 0.6 is 12.4 Å². The van der Waals surface area contributed by atoms with E-state index in [1.165, 1.54) is 0 Å². The second-order valence-corrected chi connectivity index (χ2v) is 4.23. The maximum atomic E-state index is 3.98. The van der Waals surface area contributed by atoms with Gasteiger partial charge in [-0.05, 0) is 13.8 Å². The Balaban J connectivity index is 0.00000128. The van der Waals surface area contributed by atoms with Crippen molar-refractivity contribution in [1.82, 2.24) is 25.0 Å². The van der Waals surface area contributed by atoms with Gasteiger partial charge in [0.2, 0.25) is 0 Å². The predicted molar refractivity (Wildman–Crippen MR) is 65.9 cm³/mol. The molecule has 1 atom stereocenters. The summed E-state index contributed by atoms with van der Waals surface area (Å²) < 4.78 is 2.10. The molecule has 0 radical (unpaired) electrons. The Hall–Kier alpha value is -0.650. The van der Waals surface area contributed by atoms with E-state index in [0.717, 1.165) is 38.5 Å². The Morgan fingerprint density at radius 3 is 2.94 bits per heavy atom. The summed E-state index contributed by atoms with van der Waals surface area (Å²) in [6, 6.07) is 0.612. The van der Waals surface area contributed by atoms with E-state index in [0.29, 0.717) is 6.04 Å². The van der Waals surface area contributed by atoms with Crippen molar-refractivity contribution in [3.63, 3.8) is 0 Å². The number of rotatable bonds is 3. The summed E-state index contributed by atoms with van der Waals surface area (Å²) in [5.41, 5.74) is 0. The average Bonchev–Trinajstić information content (AvgIpc) is 2.61. The molecule has 0 bridgehead atoms. The van der Waals surface area contributed by atoms with E-state index in [-0.39, 0.29) is 12.4 Å². The summed E-state index contributed by atoms with van der Waals surface area (Å²) in [5, 5.41) is 11.3. The van der Waals surface area contributed by atoms with Crippen molar-refractivity contribution in [2.45, 2.75) is 26.4 Å². The Bertz CT molecular complexity index is 314. The van der Waals surface area contributed by atoms with Crippen molar-refractivity contribution in [1.29, 1.82) is 0 Å². The molecular formula is C10H20ClN5. The zero-order chi connectivity index (χ0) is 10.7. The first kappa shape index (κ1) is 13.4. The summed E-state index contributed by atoms with van der Waals surface area (Å²) in [6.45, 7) is 9.69. The first-order chi connectivity index (χ1) is 7.25. The minimum Gasteiger partial charge on any atom is -0.317 e. The summed E-state index contributed by atoms with van der Waals surface area (Å²) in [4.78, 5) is 2.49. The maximum Gasteiger partial charge on any atom is 0.129 e. The van der Waals surface area contributed by atoms with Gasteiger partial charge < -0.3 is 9.88 Å². The predicted octanol–water partition coefficient (Wildman–Crippen LogP) is 0.302. The summed E-state index contributed by atoms with van der Waals surface area (Å²) in [5.74, 6) is 0.998. The van der Waals surface area contributed by atoms with Crippen LogP contribution in [0.15, 0.2) is 6.33 Å². The van der Waals surface area contributed by atoms with Crippen LogP contribution in [0.5, 0.6) is 0 Å². The van der Waals surface area contributed by atoms with Gasteiger partial charge in [0.05, 0.1) is 0 Å². The highest BCUT2D eigenvalue weighted by molar-refractivity contribution is 5.85. The highest BCUT2D eigenvalue weighted by Gasteiger charge is 2.14. The molecule has 92 valence electrons. The smallest absolute Gasteiger partial charge is 0.129 e. The molecule has 1 aliphatic rings. The maximum absolute atomic E-state index is 3.98. The van der Waals surface area contributed by atoms with Crippen LogP contribution in [-0.2, 0) is 6.54 Å². The normalized spacial score (nSPS) is 21.8. The van der Waals surface area contributed by atoms with Gasteiger partial charge in [-0.2, -0.15) is 0 Å². The van der Waals surface area contributed by atoms with E-state index >= 15 is 0 Å². The molecule has 0 saturated carbocycles. The van der Waals surface area contributed by atoms with Gasteiger partial charge in [0, 0.05) is 38.8 Å². The van der Waals surface area contributed by atoms with Crippen LogP contribution in [-0.4, -0.2) is 51.9 Å². The lowest BCUT2D eigenvalue weighted by atomic mass is 10.2. The van der Waals surface area contributed by atoms with Crippen LogP contribution < -0.4 is 5.32 Å². The van der Waals surface area contributed by atoms with Gasteiger partial charge in [-0.15, -0.1) is 22.6 Å². The van der Waals surface area contributed by atoms with Crippen LogP contribution in [0.4, 0.5) is 0 Å². The van der Waals surface area contributed by atoms with Crippen molar-refractivity contribution >= 4 is 12.4 Å². The van der Waals surface area contributed by atoms with Crippen LogP contribution in [0, 0.1) is 6.92 Å². The van der Waals surface area contributed by atoms with Crippen molar-refractivity contribution < 1.29 is 0 Å². The van der Waals surface area contributed by atoms with Crippen LogP contribution in [0.25, 0.3) is 0 Å². The molecule has 1 aliphatic heterocycles. The van der Waals surface area contributed by atoms with Crippen LogP contribution in [0.3, 0.4) is 0 Å². The topological polar surface area (TPSA) is 46.0 Å². The van der Waals surface area contributed by atoms with Gasteiger partial charge in [0.15, 0.2) is 0 Å². The third kappa shape index (κ3) is 3.43. The Morgan fingerprint density at radius 2 is 2.31 bits per heavy atom. The lowest BCUT2D eigenvalue weighted by Gasteiger charge is -2.31. The average molecular weight is 246 g/mol. The number of piperazine rings is 1. The van der Waals surface area contributed by atoms with Gasteiger partial charge in [0.1, 0.15) is 12.2 Å². The van der Waals surface area contributed by atoms with Crippen molar-refractivity contribution in [2.75, 3.05) is 26.2 Å². The number of aryl methyl sites for hydroxylation is 1. The Kier molecular flexibility index (Phi) is 5.18. The molecule has 1 unspecified atom stereocenters. The van der Waals surface area contributed by atoms with E-state index in [4.69, 9.17) is 0 Å². The van der Waals surface area contributed by atoms with E-state index in [1.807, 2.05) is 6.92 Å². The van der Waals surface area contributed by atoms with E-state index in [2.05, 4.69) is 31.9 Å².